The molecule has 0 saturated carbocycles. The molecule has 1 aromatic carbocycles. The molecule has 1 aromatic heterocycles. The van der Waals surface area contributed by atoms with Gasteiger partial charge in [0.25, 0.3) is 0 Å². The number of benzene rings is 1. The lowest BCUT2D eigenvalue weighted by Gasteiger charge is -1.96. The Morgan fingerprint density at radius 3 is 3.08 bits per heavy atom. The monoisotopic (exact) mass is 161 g/mol. The highest BCUT2D eigenvalue weighted by molar-refractivity contribution is 5.80. The zero-order valence-corrected chi connectivity index (χ0v) is 6.24. The van der Waals surface area contributed by atoms with Crippen molar-refractivity contribution in [1.29, 1.82) is 0 Å². The van der Waals surface area contributed by atoms with E-state index in [1.54, 1.807) is 12.1 Å². The molecule has 0 spiro atoms. The summed E-state index contributed by atoms with van der Waals surface area (Å²) >= 11 is 0. The fraction of sp³-hybridized carbons (Fsp3) is 0. The van der Waals surface area contributed by atoms with Gasteiger partial charge in [-0.15, -0.1) is 0 Å². The normalized spacial score (nSPS) is 10.3. The molecular formula is C8H7N3O. The van der Waals surface area contributed by atoms with Crippen LogP contribution in [0.2, 0.25) is 0 Å². The van der Waals surface area contributed by atoms with Crippen LogP contribution in [0.15, 0.2) is 29.2 Å². The molecule has 0 aliphatic heterocycles. The van der Waals surface area contributed by atoms with Gasteiger partial charge in [-0.25, -0.2) is 9.78 Å². The summed E-state index contributed by atoms with van der Waals surface area (Å²) in [6.45, 7) is 0. The number of rotatable bonds is 0. The number of nitrogens with one attached hydrogen (secondary N) is 1. The van der Waals surface area contributed by atoms with Gasteiger partial charge in [0.1, 0.15) is 0 Å². The molecule has 3 N–H and O–H groups in total. The second-order valence-electron chi connectivity index (χ2n) is 2.54. The van der Waals surface area contributed by atoms with Gasteiger partial charge in [0.05, 0.1) is 5.52 Å². The molecule has 0 amide bonds. The summed E-state index contributed by atoms with van der Waals surface area (Å²) < 4.78 is 0. The van der Waals surface area contributed by atoms with E-state index in [1.165, 1.54) is 6.20 Å². The molecule has 2 rings (SSSR count). The van der Waals surface area contributed by atoms with Crippen LogP contribution in [-0.2, 0) is 0 Å². The number of nitrogens with zero attached hydrogens (tertiary/aromatic N) is 1. The summed E-state index contributed by atoms with van der Waals surface area (Å²) in [6.07, 6.45) is 1.52. The quantitative estimate of drug-likeness (QED) is 0.553. The Labute approximate surface area is 68.1 Å². The predicted octanol–water partition coefficient (Wildman–Crippen LogP) is 0.505. The first-order valence-electron chi connectivity index (χ1n) is 3.50. The Bertz CT molecular complexity index is 475. The van der Waals surface area contributed by atoms with Gasteiger partial charge in [-0.1, -0.05) is 0 Å². The highest BCUT2D eigenvalue weighted by atomic mass is 16.1. The molecule has 0 unspecified atom stereocenters. The van der Waals surface area contributed by atoms with Crippen LogP contribution in [0.5, 0.6) is 0 Å². The topological polar surface area (TPSA) is 71.8 Å². The summed E-state index contributed by atoms with van der Waals surface area (Å²) in [5.41, 5.74) is 6.52. The smallest absolute Gasteiger partial charge is 0.345 e. The molecular weight excluding hydrogens is 154 g/mol. The number of aromatic nitrogens is 2. The van der Waals surface area contributed by atoms with Gasteiger partial charge in [0.2, 0.25) is 0 Å². The van der Waals surface area contributed by atoms with Crippen LogP contribution in [0.4, 0.5) is 5.69 Å². The van der Waals surface area contributed by atoms with Gasteiger partial charge in [0, 0.05) is 17.3 Å². The lowest BCUT2D eigenvalue weighted by Crippen LogP contribution is -2.08. The highest BCUT2D eigenvalue weighted by Gasteiger charge is 1.94. The van der Waals surface area contributed by atoms with Crippen LogP contribution in [0.3, 0.4) is 0 Å². The second kappa shape index (κ2) is 2.34. The Morgan fingerprint density at radius 2 is 2.25 bits per heavy atom. The lowest BCUT2D eigenvalue weighted by atomic mass is 10.2. The number of aromatic amines is 1. The minimum absolute atomic E-state index is 0.354. The van der Waals surface area contributed by atoms with E-state index in [9.17, 15) is 4.79 Å². The maximum atomic E-state index is 10.8. The van der Waals surface area contributed by atoms with E-state index in [1.807, 2.05) is 6.07 Å². The van der Waals surface area contributed by atoms with Gasteiger partial charge in [-0.05, 0) is 18.2 Å². The van der Waals surface area contributed by atoms with Crippen LogP contribution in [0.1, 0.15) is 0 Å². The summed E-state index contributed by atoms with van der Waals surface area (Å²) in [7, 11) is 0. The number of nitrogens with two attached hydrogens (primary N) is 1. The Hall–Kier alpha value is -1.84. The summed E-state index contributed by atoms with van der Waals surface area (Å²) in [5.74, 6) is 0. The minimum Gasteiger partial charge on any atom is -0.399 e. The Kier molecular flexibility index (Phi) is 1.33. The first-order valence-corrected chi connectivity index (χ1v) is 3.50. The van der Waals surface area contributed by atoms with Crippen molar-refractivity contribution in [3.8, 4) is 0 Å². The van der Waals surface area contributed by atoms with Crippen molar-refractivity contribution in [2.24, 2.45) is 0 Å². The highest BCUT2D eigenvalue weighted by Crippen LogP contribution is 2.11. The fourth-order valence-corrected chi connectivity index (χ4v) is 1.07. The van der Waals surface area contributed by atoms with Gasteiger partial charge >= 0.3 is 5.69 Å². The summed E-state index contributed by atoms with van der Waals surface area (Å²) in [6, 6.07) is 5.29. The molecule has 0 aliphatic carbocycles. The van der Waals surface area contributed by atoms with Gasteiger partial charge in [-0.2, -0.15) is 0 Å². The average Bonchev–Trinajstić information content (AvgIpc) is 2.03. The SMILES string of the molecule is Nc1ccc2cnc(=O)[nH]c2c1. The van der Waals surface area contributed by atoms with Crippen molar-refractivity contribution in [3.63, 3.8) is 0 Å². The van der Waals surface area contributed by atoms with Crippen molar-refractivity contribution in [2.75, 3.05) is 5.73 Å². The van der Waals surface area contributed by atoms with E-state index in [4.69, 9.17) is 5.73 Å². The van der Waals surface area contributed by atoms with Gasteiger partial charge in [-0.3, -0.25) is 0 Å². The van der Waals surface area contributed by atoms with E-state index in [-0.39, 0.29) is 5.69 Å². The summed E-state index contributed by atoms with van der Waals surface area (Å²) in [5, 5.41) is 0.879. The third-order valence-electron chi connectivity index (χ3n) is 1.64. The maximum absolute atomic E-state index is 10.8. The zero-order valence-electron chi connectivity index (χ0n) is 6.24. The number of fused-ring (bicyclic) bond motifs is 1. The van der Waals surface area contributed by atoms with Gasteiger partial charge in [0.15, 0.2) is 0 Å². The standard InChI is InChI=1S/C8H7N3O/c9-6-2-1-5-4-10-8(12)11-7(5)3-6/h1-4H,9H2,(H,10,11,12). The lowest BCUT2D eigenvalue weighted by molar-refractivity contribution is 1.12. The molecule has 0 saturated heterocycles. The van der Waals surface area contributed by atoms with E-state index < -0.39 is 0 Å². The third-order valence-corrected chi connectivity index (χ3v) is 1.64. The number of anilines is 1. The van der Waals surface area contributed by atoms with Crippen molar-refractivity contribution in [1.82, 2.24) is 9.97 Å². The molecule has 60 valence electrons. The molecule has 4 heteroatoms. The number of H-pyrrole nitrogens is 1. The Morgan fingerprint density at radius 1 is 1.42 bits per heavy atom. The molecule has 2 aromatic rings. The zero-order chi connectivity index (χ0) is 8.55. The van der Waals surface area contributed by atoms with E-state index in [0.717, 1.165) is 10.9 Å². The van der Waals surface area contributed by atoms with Crippen LogP contribution in [0.25, 0.3) is 10.9 Å². The molecule has 4 nitrogen and oxygen atoms in total. The average molecular weight is 161 g/mol. The maximum Gasteiger partial charge on any atom is 0.345 e. The first-order chi connectivity index (χ1) is 5.75. The van der Waals surface area contributed by atoms with Crippen molar-refractivity contribution in [2.45, 2.75) is 0 Å². The fourth-order valence-electron chi connectivity index (χ4n) is 1.07. The van der Waals surface area contributed by atoms with Crippen molar-refractivity contribution in [3.05, 3.63) is 34.9 Å². The first kappa shape index (κ1) is 6.84. The molecule has 0 fully saturated rings. The van der Waals surface area contributed by atoms with Crippen LogP contribution >= 0.6 is 0 Å². The van der Waals surface area contributed by atoms with Gasteiger partial charge < -0.3 is 10.7 Å². The number of hydrogen-bond donors (Lipinski definition) is 2. The van der Waals surface area contributed by atoms with Crippen molar-refractivity contribution >= 4 is 16.6 Å². The second-order valence-corrected chi connectivity index (χ2v) is 2.54. The van der Waals surface area contributed by atoms with Crippen LogP contribution in [-0.4, -0.2) is 9.97 Å². The molecule has 0 radical (unpaired) electrons. The molecule has 12 heavy (non-hydrogen) atoms. The Balaban J connectivity index is 2.89. The minimum atomic E-state index is -0.354. The van der Waals surface area contributed by atoms with Crippen molar-refractivity contribution < 1.29 is 0 Å². The van der Waals surface area contributed by atoms with E-state index in [2.05, 4.69) is 9.97 Å². The van der Waals surface area contributed by atoms with E-state index >= 15 is 0 Å². The summed E-state index contributed by atoms with van der Waals surface area (Å²) in [4.78, 5) is 17.0. The van der Waals surface area contributed by atoms with Crippen LogP contribution in [0, 0.1) is 0 Å². The van der Waals surface area contributed by atoms with Crippen LogP contribution < -0.4 is 11.4 Å². The largest absolute Gasteiger partial charge is 0.399 e. The molecule has 0 aliphatic rings. The number of nitrogen functional groups attached to an aromatic ring is 1. The molecule has 1 heterocycles. The van der Waals surface area contributed by atoms with E-state index in [0.29, 0.717) is 5.69 Å². The molecule has 0 atom stereocenters. The molecule has 0 bridgehead atoms. The number of hydrogen-bond acceptors (Lipinski definition) is 3. The third kappa shape index (κ3) is 1.03. The predicted molar refractivity (Wildman–Crippen MR) is 46.8 cm³/mol.